The van der Waals surface area contributed by atoms with Crippen LogP contribution < -0.4 is 15.5 Å². The lowest BCUT2D eigenvalue weighted by molar-refractivity contribution is 0.0299. The summed E-state index contributed by atoms with van der Waals surface area (Å²) in [5.41, 5.74) is 1.03. The Morgan fingerprint density at radius 2 is 2.04 bits per heavy atom. The van der Waals surface area contributed by atoms with Crippen LogP contribution in [0.25, 0.3) is 0 Å². The molecule has 0 aliphatic carbocycles. The highest BCUT2D eigenvalue weighted by atomic mass is 35.5. The van der Waals surface area contributed by atoms with E-state index in [1.807, 2.05) is 17.0 Å². The summed E-state index contributed by atoms with van der Waals surface area (Å²) in [5.74, 6) is 0. The Bertz CT molecular complexity index is 573. The molecule has 1 aromatic carbocycles. The number of nitrogens with zero attached hydrogens (tertiary/aromatic N) is 2. The van der Waals surface area contributed by atoms with Crippen LogP contribution in [-0.4, -0.2) is 69.5 Å². The van der Waals surface area contributed by atoms with Gasteiger partial charge in [-0.15, -0.1) is 0 Å². The number of ether oxygens (including phenoxy) is 1. The number of hydrogen-bond acceptors (Lipinski definition) is 4. The van der Waals surface area contributed by atoms with E-state index in [0.29, 0.717) is 36.3 Å². The van der Waals surface area contributed by atoms with Crippen LogP contribution in [0.5, 0.6) is 0 Å². The fourth-order valence-electron chi connectivity index (χ4n) is 2.91. The van der Waals surface area contributed by atoms with E-state index in [0.717, 1.165) is 31.9 Å². The van der Waals surface area contributed by atoms with Gasteiger partial charge in [0.15, 0.2) is 0 Å². The average molecular weight is 373 g/mol. The topological polar surface area (TPSA) is 56.8 Å². The van der Waals surface area contributed by atoms with Crippen LogP contribution in [0.2, 0.25) is 10.0 Å². The summed E-state index contributed by atoms with van der Waals surface area (Å²) in [7, 11) is 0. The zero-order valence-corrected chi connectivity index (χ0v) is 14.9. The zero-order valence-electron chi connectivity index (χ0n) is 13.4. The lowest BCUT2D eigenvalue weighted by Gasteiger charge is -2.36. The Morgan fingerprint density at radius 3 is 2.71 bits per heavy atom. The standard InChI is InChI=1S/C16H22Cl2N4O2/c17-14-2-1-12(9-15(14)18)21-4-6-22(7-5-21)16(23)20-11-13-10-19-3-8-24-13/h1-2,9,13,19H,3-8,10-11H2,(H,20,23). The van der Waals surface area contributed by atoms with Crippen molar-refractivity contribution in [3.63, 3.8) is 0 Å². The molecule has 132 valence electrons. The number of anilines is 1. The van der Waals surface area contributed by atoms with Crippen LogP contribution in [0.4, 0.5) is 10.5 Å². The first kappa shape index (κ1) is 17.6. The minimum atomic E-state index is -0.0297. The number of benzene rings is 1. The van der Waals surface area contributed by atoms with Gasteiger partial charge in [-0.2, -0.15) is 0 Å². The van der Waals surface area contributed by atoms with Crippen molar-refractivity contribution < 1.29 is 9.53 Å². The molecule has 2 saturated heterocycles. The van der Waals surface area contributed by atoms with E-state index in [-0.39, 0.29) is 12.1 Å². The molecule has 3 rings (SSSR count). The molecule has 2 amide bonds. The number of halogens is 2. The molecule has 8 heteroatoms. The largest absolute Gasteiger partial charge is 0.374 e. The highest BCUT2D eigenvalue weighted by Crippen LogP contribution is 2.27. The van der Waals surface area contributed by atoms with Crippen LogP contribution in [0.15, 0.2) is 18.2 Å². The molecule has 1 atom stereocenters. The van der Waals surface area contributed by atoms with Crippen LogP contribution >= 0.6 is 23.2 Å². The Hall–Kier alpha value is -1.21. The number of nitrogens with one attached hydrogen (secondary N) is 2. The van der Waals surface area contributed by atoms with Crippen molar-refractivity contribution in [2.45, 2.75) is 6.10 Å². The van der Waals surface area contributed by atoms with Crippen molar-refractivity contribution in [3.8, 4) is 0 Å². The van der Waals surface area contributed by atoms with Gasteiger partial charge in [0.25, 0.3) is 0 Å². The van der Waals surface area contributed by atoms with Crippen LogP contribution in [0, 0.1) is 0 Å². The Labute approximate surface area is 152 Å². The second-order valence-corrected chi connectivity index (χ2v) is 6.77. The average Bonchev–Trinajstić information content (AvgIpc) is 2.63. The molecular formula is C16H22Cl2N4O2. The van der Waals surface area contributed by atoms with Gasteiger partial charge in [-0.1, -0.05) is 23.2 Å². The van der Waals surface area contributed by atoms with Crippen LogP contribution in [0.3, 0.4) is 0 Å². The maximum atomic E-state index is 12.3. The monoisotopic (exact) mass is 372 g/mol. The van der Waals surface area contributed by atoms with Gasteiger partial charge in [-0.05, 0) is 18.2 Å². The molecule has 0 radical (unpaired) electrons. The van der Waals surface area contributed by atoms with Gasteiger partial charge in [0.2, 0.25) is 0 Å². The molecule has 0 saturated carbocycles. The molecule has 2 aliphatic heterocycles. The molecule has 0 spiro atoms. The molecule has 0 aromatic heterocycles. The lowest BCUT2D eigenvalue weighted by Crippen LogP contribution is -2.54. The van der Waals surface area contributed by atoms with Gasteiger partial charge < -0.3 is 25.2 Å². The smallest absolute Gasteiger partial charge is 0.317 e. The summed E-state index contributed by atoms with van der Waals surface area (Å²) in [6, 6.07) is 5.60. The number of carbonyl (C=O) groups excluding carboxylic acids is 1. The second-order valence-electron chi connectivity index (χ2n) is 5.96. The number of piperazine rings is 1. The van der Waals surface area contributed by atoms with Gasteiger partial charge in [0.1, 0.15) is 0 Å². The first-order valence-corrected chi connectivity index (χ1v) is 8.94. The van der Waals surface area contributed by atoms with Crippen LogP contribution in [-0.2, 0) is 4.74 Å². The highest BCUT2D eigenvalue weighted by Gasteiger charge is 2.22. The van der Waals surface area contributed by atoms with Crippen molar-refractivity contribution in [2.75, 3.05) is 57.3 Å². The predicted molar refractivity (Wildman–Crippen MR) is 96.3 cm³/mol. The van der Waals surface area contributed by atoms with E-state index in [1.165, 1.54) is 0 Å². The number of rotatable bonds is 3. The first-order valence-electron chi connectivity index (χ1n) is 8.18. The second kappa shape index (κ2) is 8.25. The molecule has 6 nitrogen and oxygen atoms in total. The van der Waals surface area contributed by atoms with Crippen molar-refractivity contribution in [2.24, 2.45) is 0 Å². The fraction of sp³-hybridized carbons (Fsp3) is 0.562. The van der Waals surface area contributed by atoms with Crippen LogP contribution in [0.1, 0.15) is 0 Å². The highest BCUT2D eigenvalue weighted by molar-refractivity contribution is 6.42. The minimum absolute atomic E-state index is 0.0297. The molecule has 2 heterocycles. The maximum absolute atomic E-state index is 12.3. The van der Waals surface area contributed by atoms with Gasteiger partial charge >= 0.3 is 6.03 Å². The van der Waals surface area contributed by atoms with Gasteiger partial charge in [-0.3, -0.25) is 0 Å². The normalized spacial score (nSPS) is 21.7. The molecule has 2 aliphatic rings. The minimum Gasteiger partial charge on any atom is -0.374 e. The quantitative estimate of drug-likeness (QED) is 0.849. The van der Waals surface area contributed by atoms with Gasteiger partial charge in [-0.25, -0.2) is 4.79 Å². The molecular weight excluding hydrogens is 351 g/mol. The van der Waals surface area contributed by atoms with Crippen molar-refractivity contribution >= 4 is 34.9 Å². The number of morpholine rings is 1. The van der Waals surface area contributed by atoms with E-state index in [2.05, 4.69) is 15.5 Å². The molecule has 1 aromatic rings. The maximum Gasteiger partial charge on any atom is 0.317 e. The van der Waals surface area contributed by atoms with E-state index in [1.54, 1.807) is 6.07 Å². The third kappa shape index (κ3) is 4.45. The van der Waals surface area contributed by atoms with Gasteiger partial charge in [0.05, 0.1) is 22.8 Å². The summed E-state index contributed by atoms with van der Waals surface area (Å²) in [4.78, 5) is 16.3. The SMILES string of the molecule is O=C(NCC1CNCCO1)N1CCN(c2ccc(Cl)c(Cl)c2)CC1. The predicted octanol–water partition coefficient (Wildman–Crippen LogP) is 1.81. The number of hydrogen-bond donors (Lipinski definition) is 2. The third-order valence-corrected chi connectivity index (χ3v) is 5.06. The first-order chi connectivity index (χ1) is 11.6. The third-order valence-electron chi connectivity index (χ3n) is 4.32. The Morgan fingerprint density at radius 1 is 1.25 bits per heavy atom. The number of amides is 2. The summed E-state index contributed by atoms with van der Waals surface area (Å²) < 4.78 is 5.58. The molecule has 1 unspecified atom stereocenters. The van der Waals surface area contributed by atoms with Gasteiger partial charge in [0, 0.05) is 51.5 Å². The van der Waals surface area contributed by atoms with E-state index >= 15 is 0 Å². The summed E-state index contributed by atoms with van der Waals surface area (Å²) >= 11 is 12.0. The molecule has 24 heavy (non-hydrogen) atoms. The van der Waals surface area contributed by atoms with Crippen molar-refractivity contribution in [1.82, 2.24) is 15.5 Å². The van der Waals surface area contributed by atoms with E-state index in [4.69, 9.17) is 27.9 Å². The van der Waals surface area contributed by atoms with Crippen molar-refractivity contribution in [3.05, 3.63) is 28.2 Å². The fourth-order valence-corrected chi connectivity index (χ4v) is 3.21. The Kier molecular flexibility index (Phi) is 6.05. The van der Waals surface area contributed by atoms with E-state index in [9.17, 15) is 4.79 Å². The zero-order chi connectivity index (χ0) is 16.9. The van der Waals surface area contributed by atoms with Crippen molar-refractivity contribution in [1.29, 1.82) is 0 Å². The molecule has 2 fully saturated rings. The van der Waals surface area contributed by atoms with E-state index < -0.39 is 0 Å². The summed E-state index contributed by atoms with van der Waals surface area (Å²) in [6.45, 7) is 5.79. The number of carbonyl (C=O) groups is 1. The molecule has 0 bridgehead atoms. The lowest BCUT2D eigenvalue weighted by atomic mass is 10.2. The molecule has 2 N–H and O–H groups in total. The Balaban J connectivity index is 1.45. The number of urea groups is 1. The summed E-state index contributed by atoms with van der Waals surface area (Å²) in [5, 5.41) is 7.32. The summed E-state index contributed by atoms with van der Waals surface area (Å²) in [6.07, 6.45) is 0.0557.